The molecule has 3 heterocycles. The van der Waals surface area contributed by atoms with Crippen LogP contribution in [0.25, 0.3) is 11.3 Å². The minimum atomic E-state index is -0.977. The Morgan fingerprint density at radius 3 is 2.59 bits per heavy atom. The van der Waals surface area contributed by atoms with Crippen molar-refractivity contribution in [3.05, 3.63) is 76.2 Å². The number of hydrogen-bond donors (Lipinski definition) is 5. The molecule has 1 atom stereocenters. The number of H-pyrrole nitrogens is 1. The van der Waals surface area contributed by atoms with Gasteiger partial charge in [0.05, 0.1) is 11.7 Å². The second-order valence-corrected chi connectivity index (χ2v) is 10.2. The summed E-state index contributed by atoms with van der Waals surface area (Å²) in [6.07, 6.45) is 3.43. The van der Waals surface area contributed by atoms with Crippen molar-refractivity contribution < 1.29 is 27.9 Å². The van der Waals surface area contributed by atoms with Crippen molar-refractivity contribution in [1.82, 2.24) is 20.6 Å². The lowest BCUT2D eigenvalue weighted by molar-refractivity contribution is -0.116. The molecule has 1 aromatic heterocycles. The molecule has 13 heteroatoms. The number of rotatable bonds is 4. The van der Waals surface area contributed by atoms with Crippen molar-refractivity contribution in [2.45, 2.75) is 38.3 Å². The summed E-state index contributed by atoms with van der Waals surface area (Å²) in [5.74, 6) is -2.94. The van der Waals surface area contributed by atoms with E-state index in [9.17, 15) is 23.2 Å². The molecule has 0 saturated carbocycles. The van der Waals surface area contributed by atoms with Crippen LogP contribution in [0.15, 0.2) is 42.5 Å². The summed E-state index contributed by atoms with van der Waals surface area (Å²) in [6, 6.07) is 6.14. The Balaban J connectivity index is 1.46. The molecule has 5 N–H and O–H groups in total. The predicted molar refractivity (Wildman–Crippen MR) is 149 cm³/mol. The first-order valence-corrected chi connectivity index (χ1v) is 13.3. The number of aryl methyl sites for hydroxylation is 1. The first kappa shape index (κ1) is 28.2. The fourth-order valence-electron chi connectivity index (χ4n) is 4.45. The van der Waals surface area contributed by atoms with Crippen LogP contribution in [0.4, 0.5) is 25.0 Å². The van der Waals surface area contributed by atoms with Crippen LogP contribution < -0.4 is 21.3 Å². The second-order valence-electron chi connectivity index (χ2n) is 9.78. The number of allylic oxidation sites excluding steroid dienone is 1. The molecular weight excluding hydrogens is 558 g/mol. The van der Waals surface area contributed by atoms with Crippen molar-refractivity contribution in [2.75, 3.05) is 23.7 Å². The number of imidazole rings is 1. The molecule has 5 rings (SSSR count). The van der Waals surface area contributed by atoms with Crippen LogP contribution in [0.1, 0.15) is 47.1 Å². The van der Waals surface area contributed by atoms with E-state index in [1.54, 1.807) is 30.4 Å². The van der Waals surface area contributed by atoms with E-state index in [0.717, 1.165) is 12.1 Å². The molecule has 41 heavy (non-hydrogen) atoms. The van der Waals surface area contributed by atoms with E-state index in [0.29, 0.717) is 42.0 Å². The van der Waals surface area contributed by atoms with Gasteiger partial charge in [0.1, 0.15) is 40.0 Å². The SMILES string of the molecule is Cc1cc(F)c(C(=O)NC2C/C=C/CCC(=O)Nc3cc(NC(=O)OC4CNC4)ccc3-c3nc2[nH]c3Cl)c(F)c1. The van der Waals surface area contributed by atoms with Gasteiger partial charge in [0.25, 0.3) is 5.91 Å². The fraction of sp³-hybridized carbons (Fsp3) is 0.286. The number of amides is 3. The quantitative estimate of drug-likeness (QED) is 0.274. The van der Waals surface area contributed by atoms with E-state index in [2.05, 4.69) is 31.2 Å². The van der Waals surface area contributed by atoms with Crippen LogP contribution >= 0.6 is 11.6 Å². The van der Waals surface area contributed by atoms with Gasteiger partial charge in [-0.05, 0) is 55.7 Å². The van der Waals surface area contributed by atoms with Crippen LogP contribution in [0.5, 0.6) is 0 Å². The number of carbonyl (C=O) groups excluding carboxylic acids is 3. The summed E-state index contributed by atoms with van der Waals surface area (Å²) in [5.41, 5.74) is 1.07. The monoisotopic (exact) mass is 584 g/mol. The van der Waals surface area contributed by atoms with Gasteiger partial charge in [0.15, 0.2) is 0 Å². The van der Waals surface area contributed by atoms with Crippen LogP contribution in [0.3, 0.4) is 0 Å². The van der Waals surface area contributed by atoms with Gasteiger partial charge in [-0.3, -0.25) is 14.9 Å². The maximum atomic E-state index is 14.5. The van der Waals surface area contributed by atoms with Crippen LogP contribution in [-0.2, 0) is 9.53 Å². The highest BCUT2D eigenvalue weighted by atomic mass is 35.5. The topological polar surface area (TPSA) is 137 Å². The molecule has 1 saturated heterocycles. The van der Waals surface area contributed by atoms with Gasteiger partial charge < -0.3 is 25.7 Å². The summed E-state index contributed by atoms with van der Waals surface area (Å²) in [7, 11) is 0. The largest absolute Gasteiger partial charge is 0.443 e. The number of ether oxygens (including phenoxy) is 1. The van der Waals surface area contributed by atoms with Crippen molar-refractivity contribution in [3.8, 4) is 11.3 Å². The van der Waals surface area contributed by atoms with Crippen molar-refractivity contribution in [1.29, 1.82) is 0 Å². The molecule has 2 aliphatic heterocycles. The number of fused-ring (bicyclic) bond motifs is 4. The Morgan fingerprint density at radius 2 is 1.88 bits per heavy atom. The molecule has 3 amide bonds. The number of halogens is 3. The molecule has 214 valence electrons. The van der Waals surface area contributed by atoms with E-state index in [1.807, 2.05) is 0 Å². The standard InChI is InChI=1S/C28H27ClF2N6O4/c1-14-9-18(30)23(19(31)10-14)27(39)35-20-5-3-2-4-6-22(38)34-21-11-15(33-28(40)41-16-12-32-13-16)7-8-17(21)24-25(29)37-26(20)36-24/h2-3,7-11,16,20,32H,4-6,12-13H2,1H3,(H,33,40)(H,34,38)(H,35,39)(H,36,37)/b3-2+. The van der Waals surface area contributed by atoms with Crippen LogP contribution in [0.2, 0.25) is 5.15 Å². The Morgan fingerprint density at radius 1 is 1.12 bits per heavy atom. The molecular formula is C28H27ClF2N6O4. The molecule has 3 aromatic rings. The van der Waals surface area contributed by atoms with Gasteiger partial charge in [-0.25, -0.2) is 18.6 Å². The van der Waals surface area contributed by atoms with Crippen molar-refractivity contribution >= 4 is 40.9 Å². The van der Waals surface area contributed by atoms with E-state index >= 15 is 0 Å². The van der Waals surface area contributed by atoms with Gasteiger partial charge in [0.2, 0.25) is 5.91 Å². The first-order valence-electron chi connectivity index (χ1n) is 13.0. The zero-order valence-electron chi connectivity index (χ0n) is 21.9. The molecule has 2 aliphatic rings. The Kier molecular flexibility index (Phi) is 8.31. The third kappa shape index (κ3) is 6.55. The Labute approximate surface area is 238 Å². The Hall–Kier alpha value is -4.29. The molecule has 1 fully saturated rings. The molecule has 10 nitrogen and oxygen atoms in total. The summed E-state index contributed by atoms with van der Waals surface area (Å²) in [5, 5.41) is 11.3. The van der Waals surface area contributed by atoms with Gasteiger partial charge in [-0.15, -0.1) is 0 Å². The molecule has 0 aliphatic carbocycles. The number of aromatic amines is 1. The van der Waals surface area contributed by atoms with Gasteiger partial charge in [-0.2, -0.15) is 0 Å². The number of anilines is 2. The first-order chi connectivity index (χ1) is 19.7. The molecule has 2 bridgehead atoms. The lowest BCUT2D eigenvalue weighted by atomic mass is 10.1. The van der Waals surface area contributed by atoms with E-state index < -0.39 is 35.2 Å². The Bertz CT molecular complexity index is 1510. The molecule has 0 radical (unpaired) electrons. The van der Waals surface area contributed by atoms with Crippen LogP contribution in [0, 0.1) is 18.6 Å². The maximum Gasteiger partial charge on any atom is 0.411 e. The minimum Gasteiger partial charge on any atom is -0.443 e. The number of carbonyl (C=O) groups is 3. The highest BCUT2D eigenvalue weighted by Crippen LogP contribution is 2.36. The zero-order valence-corrected chi connectivity index (χ0v) is 22.7. The third-order valence-electron chi connectivity index (χ3n) is 6.62. The van der Waals surface area contributed by atoms with E-state index in [1.165, 1.54) is 6.92 Å². The number of hydrogen-bond acceptors (Lipinski definition) is 6. The fourth-order valence-corrected chi connectivity index (χ4v) is 4.69. The lowest BCUT2D eigenvalue weighted by Gasteiger charge is -2.26. The van der Waals surface area contributed by atoms with Crippen molar-refractivity contribution in [2.24, 2.45) is 0 Å². The smallest absolute Gasteiger partial charge is 0.411 e. The second kappa shape index (κ2) is 12.1. The number of benzene rings is 2. The van der Waals surface area contributed by atoms with Crippen LogP contribution in [-0.4, -0.2) is 47.1 Å². The summed E-state index contributed by atoms with van der Waals surface area (Å²) in [6.45, 7) is 2.69. The summed E-state index contributed by atoms with van der Waals surface area (Å²) >= 11 is 6.53. The van der Waals surface area contributed by atoms with Gasteiger partial charge in [0, 0.05) is 30.8 Å². The normalized spacial score (nSPS) is 18.0. The summed E-state index contributed by atoms with van der Waals surface area (Å²) < 4.78 is 34.3. The number of nitrogens with one attached hydrogen (secondary N) is 5. The molecule has 0 spiro atoms. The number of aromatic nitrogens is 2. The third-order valence-corrected chi connectivity index (χ3v) is 6.89. The van der Waals surface area contributed by atoms with Crippen molar-refractivity contribution in [3.63, 3.8) is 0 Å². The average molecular weight is 585 g/mol. The molecule has 1 unspecified atom stereocenters. The highest BCUT2D eigenvalue weighted by molar-refractivity contribution is 6.32. The molecule has 2 aromatic carbocycles. The lowest BCUT2D eigenvalue weighted by Crippen LogP contribution is -2.49. The van der Waals surface area contributed by atoms with Gasteiger partial charge >= 0.3 is 6.09 Å². The maximum absolute atomic E-state index is 14.5. The zero-order chi connectivity index (χ0) is 29.1. The predicted octanol–water partition coefficient (Wildman–Crippen LogP) is 4.99. The highest BCUT2D eigenvalue weighted by Gasteiger charge is 2.26. The minimum absolute atomic E-state index is 0.112. The average Bonchev–Trinajstić information content (AvgIpc) is 3.26. The van der Waals surface area contributed by atoms with E-state index in [4.69, 9.17) is 16.3 Å². The van der Waals surface area contributed by atoms with E-state index in [-0.39, 0.29) is 41.5 Å². The van der Waals surface area contributed by atoms with Gasteiger partial charge in [-0.1, -0.05) is 23.8 Å². The summed E-state index contributed by atoms with van der Waals surface area (Å²) in [4.78, 5) is 45.5. The number of nitrogens with zero attached hydrogens (tertiary/aromatic N) is 1.